The molecule has 1 rings (SSSR count). The fourth-order valence-electron chi connectivity index (χ4n) is 0.890. The molecule has 16 heavy (non-hydrogen) atoms. The lowest BCUT2D eigenvalue weighted by Gasteiger charge is -2.35. The number of nitrogens with zero attached hydrogens (tertiary/aromatic N) is 2. The maximum Gasteiger partial charge on any atom is 0.383 e. The maximum absolute atomic E-state index is 11.9. The zero-order chi connectivity index (χ0) is 12.5. The van der Waals surface area contributed by atoms with Gasteiger partial charge in [0.25, 0.3) is 0 Å². The summed E-state index contributed by atoms with van der Waals surface area (Å²) in [7, 11) is -8.52. The van der Waals surface area contributed by atoms with E-state index in [0.29, 0.717) is 5.69 Å². The first kappa shape index (κ1) is 12.8. The van der Waals surface area contributed by atoms with Gasteiger partial charge in [0.05, 0.1) is 0 Å². The quantitative estimate of drug-likeness (QED) is 0.447. The zero-order valence-corrected chi connectivity index (χ0v) is 8.97. The van der Waals surface area contributed by atoms with Crippen LogP contribution in [0.3, 0.4) is 0 Å². The molecule has 0 saturated carbocycles. The summed E-state index contributed by atoms with van der Waals surface area (Å²) in [5.41, 5.74) is 0.327. The minimum atomic E-state index is -9.72. The van der Waals surface area contributed by atoms with Gasteiger partial charge in [-0.1, -0.05) is 37.6 Å². The first-order chi connectivity index (χ1) is 6.97. The highest BCUT2D eigenvalue weighted by atomic mass is 32.5. The van der Waals surface area contributed by atoms with Crippen LogP contribution in [0.25, 0.3) is 0 Å². The van der Waals surface area contributed by atoms with Crippen LogP contribution < -0.4 is 4.90 Å². The van der Waals surface area contributed by atoms with Crippen molar-refractivity contribution >= 4 is 22.4 Å². The van der Waals surface area contributed by atoms with Gasteiger partial charge < -0.3 is 4.90 Å². The van der Waals surface area contributed by atoms with Gasteiger partial charge in [-0.25, -0.2) is 0 Å². The van der Waals surface area contributed by atoms with Gasteiger partial charge in [0.1, 0.15) is 6.34 Å². The van der Waals surface area contributed by atoms with Crippen LogP contribution >= 0.6 is 10.4 Å². The molecule has 0 saturated heterocycles. The van der Waals surface area contributed by atoms with E-state index in [1.54, 1.807) is 18.2 Å². The van der Waals surface area contributed by atoms with Crippen LogP contribution in [0.4, 0.5) is 25.1 Å². The second-order valence-electron chi connectivity index (χ2n) is 3.10. The lowest BCUT2D eigenvalue weighted by atomic mass is 10.3. The first-order valence-electron chi connectivity index (χ1n) is 4.05. The van der Waals surface area contributed by atoms with Crippen molar-refractivity contribution in [2.75, 3.05) is 11.9 Å². The van der Waals surface area contributed by atoms with Crippen LogP contribution in [-0.4, -0.2) is 13.4 Å². The first-order valence-corrected chi connectivity index (χ1v) is 5.96. The molecule has 0 aliphatic carbocycles. The number of anilines is 1. The Labute approximate surface area is 89.3 Å². The Balaban J connectivity index is 2.90. The number of rotatable bonds is 3. The number of hydrogen-bond donors (Lipinski definition) is 0. The fourth-order valence-corrected chi connectivity index (χ4v) is 1.21. The zero-order valence-electron chi connectivity index (χ0n) is 8.16. The van der Waals surface area contributed by atoms with Crippen molar-refractivity contribution in [3.05, 3.63) is 30.3 Å². The van der Waals surface area contributed by atoms with Crippen LogP contribution in [0.2, 0.25) is 0 Å². The molecule has 0 N–H and O–H groups in total. The maximum atomic E-state index is 11.9. The Hall–Kier alpha value is -1.31. The van der Waals surface area contributed by atoms with E-state index in [1.807, 2.05) is 0 Å². The molecule has 0 unspecified atom stereocenters. The van der Waals surface area contributed by atoms with Crippen molar-refractivity contribution in [3.8, 4) is 0 Å². The fraction of sp³-hybridized carbons (Fsp3) is 0.125. The molecule has 8 heteroatoms. The Kier molecular flexibility index (Phi) is 2.47. The lowest BCUT2D eigenvalue weighted by Crippen LogP contribution is -2.16. The second kappa shape index (κ2) is 3.09. The third-order valence-corrected chi connectivity index (χ3v) is 2.08. The SMILES string of the molecule is CN(/C=N/S(F)(F)(F)(F)F)c1ccccc1. The molecule has 0 radical (unpaired) electrons. The molecule has 0 atom stereocenters. The summed E-state index contributed by atoms with van der Waals surface area (Å²) in [5, 5.41) is 0. The van der Waals surface area contributed by atoms with E-state index in [2.05, 4.69) is 0 Å². The smallest absolute Gasteiger partial charge is 0.335 e. The molecule has 2 nitrogen and oxygen atoms in total. The average Bonchev–Trinajstić information content (AvgIpc) is 2.13. The molecule has 0 aliphatic rings. The summed E-state index contributed by atoms with van der Waals surface area (Å²) in [5.74, 6) is 0. The highest BCUT2D eigenvalue weighted by molar-refractivity contribution is 8.44. The van der Waals surface area contributed by atoms with E-state index in [0.717, 1.165) is 4.90 Å². The molecule has 92 valence electrons. The molecule has 0 fully saturated rings. The van der Waals surface area contributed by atoms with E-state index >= 15 is 0 Å². The predicted molar refractivity (Wildman–Crippen MR) is 56.5 cm³/mol. The topological polar surface area (TPSA) is 15.6 Å². The number of para-hydroxylation sites is 1. The molecule has 0 spiro atoms. The molecule has 0 aliphatic heterocycles. The van der Waals surface area contributed by atoms with Crippen LogP contribution in [0.15, 0.2) is 34.7 Å². The Morgan fingerprint density at radius 2 is 1.56 bits per heavy atom. The van der Waals surface area contributed by atoms with E-state index in [1.165, 1.54) is 23.6 Å². The summed E-state index contributed by atoms with van der Waals surface area (Å²) >= 11 is 0. The van der Waals surface area contributed by atoms with Gasteiger partial charge in [0, 0.05) is 12.7 Å². The molecule has 0 amide bonds. The van der Waals surface area contributed by atoms with Gasteiger partial charge in [0.15, 0.2) is 0 Å². The average molecular weight is 260 g/mol. The minimum Gasteiger partial charge on any atom is -0.335 e. The van der Waals surface area contributed by atoms with Gasteiger partial charge in [-0.05, 0) is 12.1 Å². The van der Waals surface area contributed by atoms with Crippen molar-refractivity contribution in [1.82, 2.24) is 0 Å². The van der Waals surface area contributed by atoms with E-state index in [4.69, 9.17) is 0 Å². The van der Waals surface area contributed by atoms with Gasteiger partial charge >= 0.3 is 10.4 Å². The summed E-state index contributed by atoms with van der Waals surface area (Å²) in [6.07, 6.45) is 0.0664. The van der Waals surface area contributed by atoms with Gasteiger partial charge in [-0.3, -0.25) is 0 Å². The standard InChI is InChI=1S/C8H9F5N2S/c1-15(8-5-3-2-4-6-8)7-14-16(9,10,11,12)13/h2-7H,1H3/b14-7+. The Morgan fingerprint density at radius 1 is 1.06 bits per heavy atom. The van der Waals surface area contributed by atoms with Crippen LogP contribution in [-0.2, 0) is 0 Å². The third-order valence-electron chi connectivity index (χ3n) is 1.58. The highest BCUT2D eigenvalue weighted by Gasteiger charge is 2.63. The van der Waals surface area contributed by atoms with Gasteiger partial charge in [-0.15, -0.1) is 4.40 Å². The molecule has 0 aromatic heterocycles. The van der Waals surface area contributed by atoms with Gasteiger partial charge in [0.2, 0.25) is 0 Å². The molecule has 0 bridgehead atoms. The van der Waals surface area contributed by atoms with Crippen molar-refractivity contribution in [2.45, 2.75) is 0 Å². The van der Waals surface area contributed by atoms with Crippen LogP contribution in [0, 0.1) is 0 Å². The third kappa shape index (κ3) is 4.96. The monoisotopic (exact) mass is 260 g/mol. The normalized spacial score (nSPS) is 16.9. The number of benzene rings is 1. The van der Waals surface area contributed by atoms with E-state index in [-0.39, 0.29) is 6.34 Å². The summed E-state index contributed by atoms with van der Waals surface area (Å²) in [4.78, 5) is 0.859. The summed E-state index contributed by atoms with van der Waals surface area (Å²) in [6, 6.07) is 7.73. The van der Waals surface area contributed by atoms with Crippen molar-refractivity contribution in [2.24, 2.45) is 4.40 Å². The highest BCUT2D eigenvalue weighted by Crippen LogP contribution is 2.98. The van der Waals surface area contributed by atoms with E-state index in [9.17, 15) is 19.4 Å². The largest absolute Gasteiger partial charge is 0.383 e. The molecular weight excluding hydrogens is 251 g/mol. The van der Waals surface area contributed by atoms with Crippen molar-refractivity contribution < 1.29 is 19.4 Å². The lowest BCUT2D eigenvalue weighted by molar-refractivity contribution is 0.367. The summed E-state index contributed by atoms with van der Waals surface area (Å²) in [6.45, 7) is 0. The predicted octanol–water partition coefficient (Wildman–Crippen LogP) is 4.36. The second-order valence-corrected chi connectivity index (χ2v) is 5.16. The molecule has 1 aromatic carbocycles. The summed E-state index contributed by atoms with van der Waals surface area (Å²) < 4.78 is 60.8. The van der Waals surface area contributed by atoms with Crippen LogP contribution in [0.5, 0.6) is 0 Å². The number of halogens is 5. The number of hydrogen-bond acceptors (Lipinski definition) is 1. The van der Waals surface area contributed by atoms with Crippen LogP contribution in [0.1, 0.15) is 0 Å². The van der Waals surface area contributed by atoms with Crippen molar-refractivity contribution in [1.29, 1.82) is 0 Å². The van der Waals surface area contributed by atoms with E-state index < -0.39 is 10.4 Å². The molecule has 1 aromatic rings. The Morgan fingerprint density at radius 3 is 2.00 bits per heavy atom. The Bertz CT molecular complexity index is 398. The minimum absolute atomic E-state index is 0.0664. The van der Waals surface area contributed by atoms with Crippen molar-refractivity contribution in [3.63, 3.8) is 0 Å². The molecular formula is C8H9F5N2S. The molecule has 0 heterocycles. The van der Waals surface area contributed by atoms with Gasteiger partial charge in [-0.2, -0.15) is 0 Å².